The number of H-pyrrole nitrogens is 1. The van der Waals surface area contributed by atoms with Gasteiger partial charge in [-0.15, -0.1) is 0 Å². The third-order valence-corrected chi connectivity index (χ3v) is 4.91. The van der Waals surface area contributed by atoms with Crippen molar-refractivity contribution in [1.82, 2.24) is 15.0 Å². The summed E-state index contributed by atoms with van der Waals surface area (Å²) in [5.41, 5.74) is 4.80. The molecule has 0 bridgehead atoms. The van der Waals surface area contributed by atoms with Crippen LogP contribution in [-0.2, 0) is 5.41 Å². The first-order valence-corrected chi connectivity index (χ1v) is 9.98. The zero-order valence-electron chi connectivity index (χ0n) is 18.0. The molecular formula is C24H27N5O. The molecule has 2 aromatic heterocycles. The standard InChI is InChI=1S/C24H27N5O/c1-24(2,3)17-9-6-7-11-21(17)30-22-19(10-8-14-25-22)27-23-26-18-13-12-16(29(4)5)15-20(18)28-23/h6-15H,1-5H3,(H2,26,27,28). The summed E-state index contributed by atoms with van der Waals surface area (Å²) >= 11 is 0. The van der Waals surface area contributed by atoms with Gasteiger partial charge in [-0.3, -0.25) is 0 Å². The van der Waals surface area contributed by atoms with E-state index in [1.165, 1.54) is 0 Å². The third-order valence-electron chi connectivity index (χ3n) is 4.91. The number of rotatable bonds is 5. The normalized spacial score (nSPS) is 11.5. The fraction of sp³-hybridized carbons (Fsp3) is 0.250. The van der Waals surface area contributed by atoms with Gasteiger partial charge in [-0.25, -0.2) is 9.97 Å². The van der Waals surface area contributed by atoms with E-state index in [0.29, 0.717) is 11.8 Å². The van der Waals surface area contributed by atoms with Gasteiger partial charge < -0.3 is 19.9 Å². The molecule has 0 unspecified atom stereocenters. The fourth-order valence-electron chi connectivity index (χ4n) is 3.31. The Kier molecular flexibility index (Phi) is 5.08. The highest BCUT2D eigenvalue weighted by atomic mass is 16.5. The van der Waals surface area contributed by atoms with Gasteiger partial charge in [0.15, 0.2) is 0 Å². The molecule has 6 nitrogen and oxygen atoms in total. The van der Waals surface area contributed by atoms with Crippen molar-refractivity contribution in [1.29, 1.82) is 0 Å². The first-order chi connectivity index (χ1) is 14.3. The molecule has 154 valence electrons. The number of fused-ring (bicyclic) bond motifs is 1. The number of hydrogen-bond donors (Lipinski definition) is 2. The molecule has 0 aliphatic rings. The number of benzene rings is 2. The van der Waals surface area contributed by atoms with Crippen molar-refractivity contribution in [3.63, 3.8) is 0 Å². The Morgan fingerprint density at radius 3 is 2.57 bits per heavy atom. The van der Waals surface area contributed by atoms with Crippen LogP contribution in [0.5, 0.6) is 11.6 Å². The first kappa shape index (κ1) is 19.8. The number of hydrogen-bond acceptors (Lipinski definition) is 5. The summed E-state index contributed by atoms with van der Waals surface area (Å²) in [7, 11) is 4.04. The molecule has 6 heteroatoms. The zero-order chi connectivity index (χ0) is 21.3. The Hall–Kier alpha value is -3.54. The molecule has 2 N–H and O–H groups in total. The van der Waals surface area contributed by atoms with Crippen LogP contribution in [0.25, 0.3) is 11.0 Å². The minimum atomic E-state index is -0.0398. The smallest absolute Gasteiger partial charge is 0.243 e. The Morgan fingerprint density at radius 2 is 1.80 bits per heavy atom. The van der Waals surface area contributed by atoms with E-state index in [0.717, 1.165) is 33.7 Å². The van der Waals surface area contributed by atoms with Crippen LogP contribution in [0, 0.1) is 0 Å². The molecule has 4 aromatic rings. The zero-order valence-corrected chi connectivity index (χ0v) is 18.0. The SMILES string of the molecule is CN(C)c1ccc2nc(Nc3cccnc3Oc3ccccc3C(C)(C)C)[nH]c2c1. The van der Waals surface area contributed by atoms with E-state index >= 15 is 0 Å². The minimum absolute atomic E-state index is 0.0398. The largest absolute Gasteiger partial charge is 0.437 e. The van der Waals surface area contributed by atoms with Gasteiger partial charge >= 0.3 is 0 Å². The van der Waals surface area contributed by atoms with Gasteiger partial charge in [0, 0.05) is 31.5 Å². The number of aromatic nitrogens is 3. The lowest BCUT2D eigenvalue weighted by Crippen LogP contribution is -2.12. The predicted molar refractivity (Wildman–Crippen MR) is 123 cm³/mol. The van der Waals surface area contributed by atoms with Crippen LogP contribution in [0.1, 0.15) is 26.3 Å². The number of nitrogens with one attached hydrogen (secondary N) is 2. The molecule has 0 fully saturated rings. The second-order valence-corrected chi connectivity index (χ2v) is 8.51. The van der Waals surface area contributed by atoms with Crippen molar-refractivity contribution in [2.75, 3.05) is 24.3 Å². The number of imidazole rings is 1. The lowest BCUT2D eigenvalue weighted by molar-refractivity contribution is 0.442. The highest BCUT2D eigenvalue weighted by molar-refractivity contribution is 5.82. The van der Waals surface area contributed by atoms with E-state index in [9.17, 15) is 0 Å². The quantitative estimate of drug-likeness (QED) is 0.439. The van der Waals surface area contributed by atoms with E-state index in [1.54, 1.807) is 6.20 Å². The number of ether oxygens (including phenoxy) is 1. The van der Waals surface area contributed by atoms with Gasteiger partial charge in [0.1, 0.15) is 11.4 Å². The molecular weight excluding hydrogens is 374 g/mol. The summed E-state index contributed by atoms with van der Waals surface area (Å²) in [5.74, 6) is 1.94. The van der Waals surface area contributed by atoms with E-state index in [4.69, 9.17) is 4.74 Å². The van der Waals surface area contributed by atoms with Crippen molar-refractivity contribution in [3.8, 4) is 11.6 Å². The van der Waals surface area contributed by atoms with Gasteiger partial charge in [0.05, 0.1) is 11.0 Å². The van der Waals surface area contributed by atoms with Crippen LogP contribution >= 0.6 is 0 Å². The molecule has 0 spiro atoms. The van der Waals surface area contributed by atoms with Crippen LogP contribution < -0.4 is 15.0 Å². The second kappa shape index (κ2) is 7.71. The molecule has 0 aliphatic heterocycles. The Bertz CT molecular complexity index is 1170. The van der Waals surface area contributed by atoms with Crippen LogP contribution in [0.4, 0.5) is 17.3 Å². The Balaban J connectivity index is 1.64. The molecule has 2 aromatic carbocycles. The number of pyridine rings is 1. The molecule has 0 aliphatic carbocycles. The summed E-state index contributed by atoms with van der Waals surface area (Å²) < 4.78 is 6.24. The molecule has 0 radical (unpaired) electrons. The van der Waals surface area contributed by atoms with E-state index in [2.05, 4.69) is 64.1 Å². The maximum Gasteiger partial charge on any atom is 0.243 e. The number of para-hydroxylation sites is 1. The molecule has 0 saturated heterocycles. The first-order valence-electron chi connectivity index (χ1n) is 9.98. The average Bonchev–Trinajstić information content (AvgIpc) is 3.10. The van der Waals surface area contributed by atoms with Gasteiger partial charge in [-0.2, -0.15) is 0 Å². The molecule has 0 atom stereocenters. The van der Waals surface area contributed by atoms with Crippen molar-refractivity contribution < 1.29 is 4.74 Å². The molecule has 4 rings (SSSR count). The minimum Gasteiger partial charge on any atom is -0.437 e. The maximum absolute atomic E-state index is 6.24. The van der Waals surface area contributed by atoms with E-state index in [-0.39, 0.29) is 5.41 Å². The maximum atomic E-state index is 6.24. The monoisotopic (exact) mass is 401 g/mol. The third kappa shape index (κ3) is 4.08. The lowest BCUT2D eigenvalue weighted by atomic mass is 9.86. The molecule has 0 saturated carbocycles. The van der Waals surface area contributed by atoms with Crippen LogP contribution in [-0.4, -0.2) is 29.0 Å². The van der Waals surface area contributed by atoms with Crippen molar-refractivity contribution in [3.05, 3.63) is 66.4 Å². The highest BCUT2D eigenvalue weighted by Crippen LogP contribution is 2.36. The number of anilines is 3. The fourth-order valence-corrected chi connectivity index (χ4v) is 3.31. The summed E-state index contributed by atoms with van der Waals surface area (Å²) in [6.07, 6.45) is 1.72. The van der Waals surface area contributed by atoms with Crippen LogP contribution in [0.3, 0.4) is 0 Å². The van der Waals surface area contributed by atoms with Gasteiger partial charge in [0.2, 0.25) is 11.8 Å². The average molecular weight is 402 g/mol. The van der Waals surface area contributed by atoms with Crippen LogP contribution in [0.2, 0.25) is 0 Å². The number of nitrogens with zero attached hydrogens (tertiary/aromatic N) is 3. The van der Waals surface area contributed by atoms with Crippen molar-refractivity contribution in [2.45, 2.75) is 26.2 Å². The summed E-state index contributed by atoms with van der Waals surface area (Å²) in [5, 5.41) is 3.32. The Morgan fingerprint density at radius 1 is 1.00 bits per heavy atom. The summed E-state index contributed by atoms with van der Waals surface area (Å²) in [6.45, 7) is 6.51. The molecule has 0 amide bonds. The van der Waals surface area contributed by atoms with Crippen molar-refractivity contribution >= 4 is 28.4 Å². The van der Waals surface area contributed by atoms with Gasteiger partial charge in [-0.1, -0.05) is 39.0 Å². The van der Waals surface area contributed by atoms with Crippen LogP contribution in [0.15, 0.2) is 60.8 Å². The van der Waals surface area contributed by atoms with Gasteiger partial charge in [-0.05, 0) is 41.8 Å². The topological polar surface area (TPSA) is 66.1 Å². The highest BCUT2D eigenvalue weighted by Gasteiger charge is 2.20. The Labute approximate surface area is 176 Å². The summed E-state index contributed by atoms with van der Waals surface area (Å²) in [6, 6.07) is 18.0. The summed E-state index contributed by atoms with van der Waals surface area (Å²) in [4.78, 5) is 14.5. The predicted octanol–water partition coefficient (Wildman–Crippen LogP) is 5.86. The van der Waals surface area contributed by atoms with Gasteiger partial charge in [0.25, 0.3) is 0 Å². The number of aromatic amines is 1. The molecule has 2 heterocycles. The van der Waals surface area contributed by atoms with E-state index < -0.39 is 0 Å². The van der Waals surface area contributed by atoms with Crippen molar-refractivity contribution in [2.24, 2.45) is 0 Å². The lowest BCUT2D eigenvalue weighted by Gasteiger charge is -2.22. The second-order valence-electron chi connectivity index (χ2n) is 8.51. The van der Waals surface area contributed by atoms with E-state index in [1.807, 2.05) is 50.5 Å². The molecule has 30 heavy (non-hydrogen) atoms.